The Labute approximate surface area is 131 Å². The van der Waals surface area contributed by atoms with Crippen LogP contribution in [0.4, 0.5) is 0 Å². The van der Waals surface area contributed by atoms with Gasteiger partial charge in [-0.25, -0.2) is 0 Å². The van der Waals surface area contributed by atoms with Crippen molar-refractivity contribution in [2.24, 2.45) is 11.8 Å². The minimum Gasteiger partial charge on any atom is -0.375 e. The van der Waals surface area contributed by atoms with Crippen molar-refractivity contribution >= 4 is 0 Å². The number of rotatable bonds is 10. The molecular formula is C18H36N2O. The summed E-state index contributed by atoms with van der Waals surface area (Å²) >= 11 is 0. The number of hydrogen-bond acceptors (Lipinski definition) is 3. The molecule has 0 amide bonds. The molecule has 1 saturated heterocycles. The van der Waals surface area contributed by atoms with Crippen molar-refractivity contribution in [3.05, 3.63) is 0 Å². The SMILES string of the molecule is CCCCCCCCCC(NN)C1CCOC2(CCC2)C1. The molecule has 1 aliphatic carbocycles. The molecule has 3 nitrogen and oxygen atoms in total. The Balaban J connectivity index is 1.61. The molecule has 3 heteroatoms. The molecule has 1 heterocycles. The van der Waals surface area contributed by atoms with E-state index in [9.17, 15) is 0 Å². The molecule has 0 radical (unpaired) electrons. The van der Waals surface area contributed by atoms with Crippen LogP contribution in [0.1, 0.15) is 90.4 Å². The first kappa shape index (κ1) is 17.2. The van der Waals surface area contributed by atoms with E-state index in [1.165, 1.54) is 83.5 Å². The van der Waals surface area contributed by atoms with Crippen LogP contribution < -0.4 is 11.3 Å². The summed E-state index contributed by atoms with van der Waals surface area (Å²) in [6.45, 7) is 3.22. The molecule has 1 saturated carbocycles. The van der Waals surface area contributed by atoms with Gasteiger partial charge in [0, 0.05) is 12.6 Å². The molecule has 2 aliphatic rings. The first-order valence-corrected chi connectivity index (χ1v) is 9.40. The van der Waals surface area contributed by atoms with E-state index in [0.717, 1.165) is 12.5 Å². The molecule has 0 aromatic heterocycles. The Morgan fingerprint density at radius 1 is 1.14 bits per heavy atom. The monoisotopic (exact) mass is 296 g/mol. The Kier molecular flexibility index (Phi) is 7.48. The highest BCUT2D eigenvalue weighted by atomic mass is 16.5. The summed E-state index contributed by atoms with van der Waals surface area (Å²) in [5.74, 6) is 6.57. The topological polar surface area (TPSA) is 47.3 Å². The molecule has 0 bridgehead atoms. The maximum atomic E-state index is 6.04. The lowest BCUT2D eigenvalue weighted by Gasteiger charge is -2.48. The maximum absolute atomic E-state index is 6.04. The normalized spacial score (nSPS) is 25.7. The van der Waals surface area contributed by atoms with Gasteiger partial charge in [0.25, 0.3) is 0 Å². The van der Waals surface area contributed by atoms with Gasteiger partial charge in [0.2, 0.25) is 0 Å². The van der Waals surface area contributed by atoms with Crippen molar-refractivity contribution in [2.45, 2.75) is 102 Å². The number of nitrogens with one attached hydrogen (secondary N) is 1. The van der Waals surface area contributed by atoms with Crippen LogP contribution in [0, 0.1) is 5.92 Å². The summed E-state index contributed by atoms with van der Waals surface area (Å²) in [4.78, 5) is 0. The smallest absolute Gasteiger partial charge is 0.0685 e. The second-order valence-corrected chi connectivity index (χ2v) is 7.32. The molecule has 2 fully saturated rings. The van der Waals surface area contributed by atoms with Gasteiger partial charge in [-0.1, -0.05) is 51.9 Å². The van der Waals surface area contributed by atoms with Crippen molar-refractivity contribution in [2.75, 3.05) is 6.61 Å². The minimum atomic E-state index is 0.248. The molecule has 2 unspecified atom stereocenters. The van der Waals surface area contributed by atoms with Crippen molar-refractivity contribution in [1.82, 2.24) is 5.43 Å². The Morgan fingerprint density at radius 2 is 1.86 bits per heavy atom. The molecule has 124 valence electrons. The molecule has 2 rings (SSSR count). The van der Waals surface area contributed by atoms with Gasteiger partial charge < -0.3 is 4.74 Å². The first-order valence-electron chi connectivity index (χ1n) is 9.40. The highest BCUT2D eigenvalue weighted by Gasteiger charge is 2.43. The lowest BCUT2D eigenvalue weighted by Crippen LogP contribution is -2.51. The van der Waals surface area contributed by atoms with Gasteiger partial charge in [-0.15, -0.1) is 0 Å². The molecule has 2 atom stereocenters. The summed E-state index contributed by atoms with van der Waals surface area (Å²) in [5, 5.41) is 0. The number of hydrazine groups is 1. The lowest BCUT2D eigenvalue weighted by atomic mass is 9.70. The first-order chi connectivity index (χ1) is 10.3. The van der Waals surface area contributed by atoms with Crippen molar-refractivity contribution in [3.8, 4) is 0 Å². The second kappa shape index (κ2) is 9.12. The predicted molar refractivity (Wildman–Crippen MR) is 89.0 cm³/mol. The fourth-order valence-corrected chi connectivity index (χ4v) is 4.11. The molecule has 3 N–H and O–H groups in total. The average molecular weight is 296 g/mol. The second-order valence-electron chi connectivity index (χ2n) is 7.32. The van der Waals surface area contributed by atoms with E-state index in [4.69, 9.17) is 10.6 Å². The van der Waals surface area contributed by atoms with Crippen LogP contribution in [-0.4, -0.2) is 18.2 Å². The number of unbranched alkanes of at least 4 members (excludes halogenated alkanes) is 6. The standard InChI is InChI=1S/C18H36N2O/c1-2-3-4-5-6-7-8-10-17(20-19)16-11-14-21-18(15-16)12-9-13-18/h16-17,20H,2-15,19H2,1H3. The van der Waals surface area contributed by atoms with E-state index in [0.29, 0.717) is 6.04 Å². The van der Waals surface area contributed by atoms with Gasteiger partial charge >= 0.3 is 0 Å². The Morgan fingerprint density at radius 3 is 2.48 bits per heavy atom. The quantitative estimate of drug-likeness (QED) is 0.359. The van der Waals surface area contributed by atoms with Gasteiger partial charge in [-0.3, -0.25) is 11.3 Å². The zero-order valence-electron chi connectivity index (χ0n) is 14.0. The van der Waals surface area contributed by atoms with Gasteiger partial charge in [0.05, 0.1) is 5.60 Å². The molecule has 1 spiro atoms. The van der Waals surface area contributed by atoms with E-state index in [1.807, 2.05) is 0 Å². The summed E-state index contributed by atoms with van der Waals surface area (Å²) in [6.07, 6.45) is 17.2. The lowest BCUT2D eigenvalue weighted by molar-refractivity contribution is -0.147. The van der Waals surface area contributed by atoms with Crippen molar-refractivity contribution in [1.29, 1.82) is 0 Å². The number of hydrogen-bond donors (Lipinski definition) is 2. The van der Waals surface area contributed by atoms with E-state index in [1.54, 1.807) is 0 Å². The third kappa shape index (κ3) is 5.22. The molecule has 0 aromatic rings. The highest BCUT2D eigenvalue weighted by Crippen LogP contribution is 2.45. The van der Waals surface area contributed by atoms with Crippen molar-refractivity contribution < 1.29 is 4.74 Å². The van der Waals surface area contributed by atoms with Crippen LogP contribution in [0.5, 0.6) is 0 Å². The van der Waals surface area contributed by atoms with Gasteiger partial charge in [-0.05, 0) is 44.4 Å². The van der Waals surface area contributed by atoms with Gasteiger partial charge in [0.15, 0.2) is 0 Å². The zero-order chi connectivity index (χ0) is 15.0. The summed E-state index contributed by atoms with van der Waals surface area (Å²) in [6, 6.07) is 0.502. The summed E-state index contributed by atoms with van der Waals surface area (Å²) in [7, 11) is 0. The summed E-state index contributed by atoms with van der Waals surface area (Å²) < 4.78 is 6.04. The largest absolute Gasteiger partial charge is 0.375 e. The third-order valence-corrected chi connectivity index (χ3v) is 5.70. The van der Waals surface area contributed by atoms with Crippen LogP contribution in [0.3, 0.4) is 0 Å². The molecule has 1 aliphatic heterocycles. The van der Waals surface area contributed by atoms with E-state index < -0.39 is 0 Å². The van der Waals surface area contributed by atoms with Crippen LogP contribution >= 0.6 is 0 Å². The Bertz CT molecular complexity index is 278. The molecule has 21 heavy (non-hydrogen) atoms. The average Bonchev–Trinajstić information content (AvgIpc) is 2.49. The fraction of sp³-hybridized carbons (Fsp3) is 1.00. The van der Waals surface area contributed by atoms with Crippen LogP contribution in [0.25, 0.3) is 0 Å². The van der Waals surface area contributed by atoms with E-state index in [2.05, 4.69) is 12.3 Å². The Hall–Kier alpha value is -0.120. The third-order valence-electron chi connectivity index (χ3n) is 5.70. The van der Waals surface area contributed by atoms with Gasteiger partial charge in [-0.2, -0.15) is 0 Å². The van der Waals surface area contributed by atoms with E-state index >= 15 is 0 Å². The summed E-state index contributed by atoms with van der Waals surface area (Å²) in [5.41, 5.74) is 3.36. The minimum absolute atomic E-state index is 0.248. The van der Waals surface area contributed by atoms with Crippen molar-refractivity contribution in [3.63, 3.8) is 0 Å². The molecular weight excluding hydrogens is 260 g/mol. The van der Waals surface area contributed by atoms with Crippen LogP contribution in [0.2, 0.25) is 0 Å². The highest BCUT2D eigenvalue weighted by molar-refractivity contribution is 4.96. The van der Waals surface area contributed by atoms with Gasteiger partial charge in [0.1, 0.15) is 0 Å². The number of nitrogens with two attached hydrogens (primary N) is 1. The predicted octanol–water partition coefficient (Wildman–Crippen LogP) is 4.31. The maximum Gasteiger partial charge on any atom is 0.0685 e. The number of ether oxygens (including phenoxy) is 1. The van der Waals surface area contributed by atoms with E-state index in [-0.39, 0.29) is 5.60 Å². The zero-order valence-corrected chi connectivity index (χ0v) is 14.0. The van der Waals surface area contributed by atoms with Crippen LogP contribution in [-0.2, 0) is 4.74 Å². The molecule has 0 aromatic carbocycles. The van der Waals surface area contributed by atoms with Crippen LogP contribution in [0.15, 0.2) is 0 Å². The fourth-order valence-electron chi connectivity index (χ4n) is 4.11.